The number of hydrogen-bond donors (Lipinski definition) is 1. The highest BCUT2D eigenvalue weighted by Crippen LogP contribution is 2.25. The molecule has 6 nitrogen and oxygen atoms in total. The van der Waals surface area contributed by atoms with Crippen LogP contribution in [0.3, 0.4) is 0 Å². The molecule has 1 saturated heterocycles. The number of alkyl halides is 2. The number of rotatable bonds is 4. The van der Waals surface area contributed by atoms with Gasteiger partial charge in [0, 0.05) is 44.3 Å². The average molecular weight is 404 g/mol. The molecule has 140 valence electrons. The summed E-state index contributed by atoms with van der Waals surface area (Å²) in [6.45, 7) is -0.161. The second-order valence-electron chi connectivity index (χ2n) is 5.85. The third-order valence-corrected chi connectivity index (χ3v) is 4.89. The molecule has 1 fully saturated rings. The standard InChI is InChI=1S/C16H17Cl2F2N5O/c17-12-2-1-11(9-13(12)18)22-16(26)24-7-5-23(6-8-24)10-14-21-3-4-25(14)15(19)20/h1-4,9,15H,5-8,10H2,(H,22,26). The number of nitrogens with one attached hydrogen (secondary N) is 1. The highest BCUT2D eigenvalue weighted by atomic mass is 35.5. The van der Waals surface area contributed by atoms with E-state index in [0.29, 0.717) is 54.3 Å². The summed E-state index contributed by atoms with van der Waals surface area (Å²) in [5.74, 6) is 0.314. The van der Waals surface area contributed by atoms with Gasteiger partial charge in [0.15, 0.2) is 0 Å². The van der Waals surface area contributed by atoms with Gasteiger partial charge in [0.2, 0.25) is 0 Å². The van der Waals surface area contributed by atoms with E-state index < -0.39 is 6.55 Å². The van der Waals surface area contributed by atoms with Crippen molar-refractivity contribution in [2.45, 2.75) is 13.1 Å². The summed E-state index contributed by atoms with van der Waals surface area (Å²) < 4.78 is 26.6. The van der Waals surface area contributed by atoms with Crippen LogP contribution < -0.4 is 5.32 Å². The van der Waals surface area contributed by atoms with Crippen LogP contribution in [0, 0.1) is 0 Å². The second-order valence-corrected chi connectivity index (χ2v) is 6.67. The first-order chi connectivity index (χ1) is 12.4. The molecule has 10 heteroatoms. The Morgan fingerprint density at radius 3 is 2.58 bits per heavy atom. The lowest BCUT2D eigenvalue weighted by molar-refractivity contribution is 0.0620. The van der Waals surface area contributed by atoms with Gasteiger partial charge in [0.1, 0.15) is 5.82 Å². The minimum atomic E-state index is -2.61. The summed E-state index contributed by atoms with van der Waals surface area (Å²) in [6.07, 6.45) is 2.63. The van der Waals surface area contributed by atoms with Crippen molar-refractivity contribution in [3.8, 4) is 0 Å². The Morgan fingerprint density at radius 1 is 1.19 bits per heavy atom. The lowest BCUT2D eigenvalue weighted by Crippen LogP contribution is -2.49. The predicted molar refractivity (Wildman–Crippen MR) is 95.8 cm³/mol. The van der Waals surface area contributed by atoms with Gasteiger partial charge >= 0.3 is 12.6 Å². The Labute approximate surface area is 159 Å². The molecule has 2 aromatic rings. The Hall–Kier alpha value is -1.90. The van der Waals surface area contributed by atoms with E-state index in [0.717, 1.165) is 4.57 Å². The third kappa shape index (κ3) is 4.44. The maximum Gasteiger partial charge on any atom is 0.321 e. The molecule has 2 heterocycles. The molecule has 0 spiro atoms. The highest BCUT2D eigenvalue weighted by molar-refractivity contribution is 6.42. The molecule has 1 N–H and O–H groups in total. The maximum absolute atomic E-state index is 12.9. The molecule has 26 heavy (non-hydrogen) atoms. The van der Waals surface area contributed by atoms with Crippen LogP contribution >= 0.6 is 23.2 Å². The minimum absolute atomic E-state index is 0.239. The molecule has 0 saturated carbocycles. The molecular weight excluding hydrogens is 387 g/mol. The number of anilines is 1. The van der Waals surface area contributed by atoms with Gasteiger partial charge in [0.25, 0.3) is 0 Å². The summed E-state index contributed by atoms with van der Waals surface area (Å²) >= 11 is 11.8. The van der Waals surface area contributed by atoms with Crippen LogP contribution in [-0.4, -0.2) is 51.6 Å². The molecule has 0 radical (unpaired) electrons. The van der Waals surface area contributed by atoms with Gasteiger partial charge in [-0.15, -0.1) is 0 Å². The molecule has 0 bridgehead atoms. The summed E-state index contributed by atoms with van der Waals surface area (Å²) in [5.41, 5.74) is 0.561. The molecule has 1 aromatic heterocycles. The average Bonchev–Trinajstić information content (AvgIpc) is 3.07. The van der Waals surface area contributed by atoms with Gasteiger partial charge in [0.05, 0.1) is 16.6 Å². The zero-order valence-corrected chi connectivity index (χ0v) is 15.2. The molecule has 2 amide bonds. The summed E-state index contributed by atoms with van der Waals surface area (Å²) in [7, 11) is 0. The van der Waals surface area contributed by atoms with Crippen LogP contribution in [-0.2, 0) is 6.54 Å². The van der Waals surface area contributed by atoms with Crippen LogP contribution in [0.4, 0.5) is 19.3 Å². The number of piperazine rings is 1. The number of carbonyl (C=O) groups excluding carboxylic acids is 1. The predicted octanol–water partition coefficient (Wildman–Crippen LogP) is 3.93. The van der Waals surface area contributed by atoms with Gasteiger partial charge in [-0.1, -0.05) is 23.2 Å². The number of aromatic nitrogens is 2. The fourth-order valence-electron chi connectivity index (χ4n) is 2.73. The first kappa shape index (κ1) is 18.9. The van der Waals surface area contributed by atoms with E-state index in [1.165, 1.54) is 12.4 Å². The summed E-state index contributed by atoms with van der Waals surface area (Å²) in [4.78, 5) is 20.0. The van der Waals surface area contributed by atoms with E-state index in [1.807, 2.05) is 4.90 Å². The molecular formula is C16H17Cl2F2N5O. The van der Waals surface area contributed by atoms with Gasteiger partial charge in [-0.3, -0.25) is 9.47 Å². The molecule has 0 atom stereocenters. The van der Waals surface area contributed by atoms with Crippen LogP contribution in [0.2, 0.25) is 10.0 Å². The maximum atomic E-state index is 12.9. The van der Waals surface area contributed by atoms with Crippen LogP contribution in [0.1, 0.15) is 12.4 Å². The number of benzene rings is 1. The van der Waals surface area contributed by atoms with Crippen LogP contribution in [0.25, 0.3) is 0 Å². The topological polar surface area (TPSA) is 53.4 Å². The lowest BCUT2D eigenvalue weighted by Gasteiger charge is -2.34. The minimum Gasteiger partial charge on any atom is -0.322 e. The van der Waals surface area contributed by atoms with Crippen LogP contribution in [0.5, 0.6) is 0 Å². The normalized spacial score (nSPS) is 15.5. The highest BCUT2D eigenvalue weighted by Gasteiger charge is 2.23. The number of amides is 2. The zero-order chi connectivity index (χ0) is 18.7. The van der Waals surface area contributed by atoms with Gasteiger partial charge in [-0.05, 0) is 18.2 Å². The molecule has 1 aromatic carbocycles. The number of hydrogen-bond acceptors (Lipinski definition) is 3. The van der Waals surface area contributed by atoms with Crippen molar-refractivity contribution in [3.05, 3.63) is 46.5 Å². The van der Waals surface area contributed by atoms with E-state index in [1.54, 1.807) is 23.1 Å². The number of nitrogens with zero attached hydrogens (tertiary/aromatic N) is 4. The largest absolute Gasteiger partial charge is 0.322 e. The van der Waals surface area contributed by atoms with Gasteiger partial charge in [-0.25, -0.2) is 9.78 Å². The van der Waals surface area contributed by atoms with Crippen molar-refractivity contribution >= 4 is 34.9 Å². The SMILES string of the molecule is O=C(Nc1ccc(Cl)c(Cl)c1)N1CCN(Cc2nccn2C(F)F)CC1. The monoisotopic (exact) mass is 403 g/mol. The first-order valence-corrected chi connectivity index (χ1v) is 8.73. The van der Waals surface area contributed by atoms with Gasteiger partial charge in [-0.2, -0.15) is 8.78 Å². The van der Waals surface area contributed by atoms with E-state index in [2.05, 4.69) is 10.3 Å². The number of imidazole rings is 1. The lowest BCUT2D eigenvalue weighted by atomic mass is 10.3. The van der Waals surface area contributed by atoms with Gasteiger partial charge < -0.3 is 10.2 Å². The van der Waals surface area contributed by atoms with Crippen molar-refractivity contribution in [1.29, 1.82) is 0 Å². The van der Waals surface area contributed by atoms with Crippen LogP contribution in [0.15, 0.2) is 30.6 Å². The summed E-state index contributed by atoms with van der Waals surface area (Å²) in [6, 6.07) is 4.63. The number of halogens is 4. The fraction of sp³-hybridized carbons (Fsp3) is 0.375. The zero-order valence-electron chi connectivity index (χ0n) is 13.7. The second kappa shape index (κ2) is 8.20. The first-order valence-electron chi connectivity index (χ1n) is 7.97. The van der Waals surface area contributed by atoms with Crippen molar-refractivity contribution < 1.29 is 13.6 Å². The molecule has 0 aliphatic carbocycles. The molecule has 0 unspecified atom stereocenters. The number of carbonyl (C=O) groups is 1. The Bertz CT molecular complexity index is 778. The van der Waals surface area contributed by atoms with E-state index in [4.69, 9.17) is 23.2 Å². The smallest absolute Gasteiger partial charge is 0.321 e. The number of urea groups is 1. The van der Waals surface area contributed by atoms with Crippen molar-refractivity contribution in [2.75, 3.05) is 31.5 Å². The molecule has 1 aliphatic heterocycles. The Balaban J connectivity index is 1.52. The fourth-order valence-corrected chi connectivity index (χ4v) is 3.03. The van der Waals surface area contributed by atoms with Crippen molar-refractivity contribution in [1.82, 2.24) is 19.4 Å². The summed E-state index contributed by atoms with van der Waals surface area (Å²) in [5, 5.41) is 3.56. The van der Waals surface area contributed by atoms with E-state index >= 15 is 0 Å². The Kier molecular flexibility index (Phi) is 5.95. The quantitative estimate of drug-likeness (QED) is 0.840. The van der Waals surface area contributed by atoms with Crippen molar-refractivity contribution in [2.24, 2.45) is 0 Å². The Morgan fingerprint density at radius 2 is 1.92 bits per heavy atom. The molecule has 1 aliphatic rings. The van der Waals surface area contributed by atoms with E-state index in [9.17, 15) is 13.6 Å². The third-order valence-electron chi connectivity index (χ3n) is 4.15. The van der Waals surface area contributed by atoms with E-state index in [-0.39, 0.29) is 6.03 Å². The molecule has 3 rings (SSSR count). The van der Waals surface area contributed by atoms with Crippen molar-refractivity contribution in [3.63, 3.8) is 0 Å².